The first-order chi connectivity index (χ1) is 14.7. The predicted octanol–water partition coefficient (Wildman–Crippen LogP) is 4.55. The highest BCUT2D eigenvalue weighted by Crippen LogP contribution is 2.38. The van der Waals surface area contributed by atoms with E-state index < -0.39 is 24.3 Å². The van der Waals surface area contributed by atoms with E-state index in [2.05, 4.69) is 10.3 Å². The van der Waals surface area contributed by atoms with Crippen LogP contribution in [0.4, 0.5) is 32.0 Å². The van der Waals surface area contributed by atoms with Crippen molar-refractivity contribution in [3.63, 3.8) is 0 Å². The maximum atomic E-state index is 12.1. The zero-order valence-corrected chi connectivity index (χ0v) is 18.8. The number of carbonyl (C=O) groups excluding carboxylic acids is 1. The van der Waals surface area contributed by atoms with E-state index in [0.717, 1.165) is 21.5 Å². The van der Waals surface area contributed by atoms with Crippen LogP contribution in [0, 0.1) is 13.8 Å². The Morgan fingerprint density at radius 1 is 1.03 bits per heavy atom. The average Bonchev–Trinajstić information content (AvgIpc) is 2.95. The number of pyridine rings is 1. The minimum Gasteiger partial charge on any atom is -0.475 e. The zero-order valence-electron chi connectivity index (χ0n) is 17.3. The van der Waals surface area contributed by atoms with Crippen molar-refractivity contribution in [2.75, 3.05) is 5.73 Å². The molecular formula is C17H18ClF6N3O5S. The molecule has 186 valence electrons. The van der Waals surface area contributed by atoms with Gasteiger partial charge in [0.15, 0.2) is 0 Å². The first-order valence-corrected chi connectivity index (χ1v) is 9.66. The Kier molecular flexibility index (Phi) is 10.4. The number of hydrogen-bond donors (Lipinski definition) is 4. The second kappa shape index (κ2) is 11.4. The Morgan fingerprint density at radius 2 is 1.42 bits per heavy atom. The number of thiophene rings is 1. The number of nitrogens with two attached hydrogens (primary N) is 1. The summed E-state index contributed by atoms with van der Waals surface area (Å²) in [6.07, 6.45) is -10.2. The lowest BCUT2D eigenvalue weighted by atomic mass is 10.1. The van der Waals surface area contributed by atoms with Gasteiger partial charge in [-0.2, -0.15) is 26.3 Å². The summed E-state index contributed by atoms with van der Waals surface area (Å²) < 4.78 is 63.5. The van der Waals surface area contributed by atoms with Crippen LogP contribution in [0.3, 0.4) is 0 Å². The van der Waals surface area contributed by atoms with Gasteiger partial charge in [-0.3, -0.25) is 4.79 Å². The van der Waals surface area contributed by atoms with Gasteiger partial charge >= 0.3 is 24.3 Å². The van der Waals surface area contributed by atoms with Gasteiger partial charge in [-0.1, -0.05) is 11.6 Å². The third-order valence-corrected chi connectivity index (χ3v) is 4.98. The van der Waals surface area contributed by atoms with E-state index >= 15 is 0 Å². The van der Waals surface area contributed by atoms with Crippen molar-refractivity contribution in [3.05, 3.63) is 21.2 Å². The molecule has 0 aliphatic carbocycles. The summed E-state index contributed by atoms with van der Waals surface area (Å²) in [5.41, 5.74) is 8.18. The second-order valence-electron chi connectivity index (χ2n) is 6.40. The number of rotatable bonds is 2. The van der Waals surface area contributed by atoms with Crippen molar-refractivity contribution in [1.29, 1.82) is 0 Å². The van der Waals surface area contributed by atoms with Gasteiger partial charge in [0.1, 0.15) is 9.71 Å². The smallest absolute Gasteiger partial charge is 0.475 e. The van der Waals surface area contributed by atoms with Crippen molar-refractivity contribution in [1.82, 2.24) is 10.3 Å². The number of carboxylic acids is 2. The molecule has 33 heavy (non-hydrogen) atoms. The number of aryl methyl sites for hydroxylation is 2. The number of carbonyl (C=O) groups is 3. The quantitative estimate of drug-likeness (QED) is 0.421. The van der Waals surface area contributed by atoms with E-state index in [1.165, 1.54) is 11.3 Å². The van der Waals surface area contributed by atoms with Gasteiger partial charge in [-0.05, 0) is 33.3 Å². The Hall–Kier alpha value is -2.81. The van der Waals surface area contributed by atoms with Crippen LogP contribution in [0.2, 0.25) is 5.02 Å². The highest BCUT2D eigenvalue weighted by Gasteiger charge is 2.38. The minimum absolute atomic E-state index is 0.0662. The Labute approximate surface area is 191 Å². The van der Waals surface area contributed by atoms with E-state index in [9.17, 15) is 31.1 Å². The molecule has 2 aromatic rings. The number of alkyl halides is 6. The number of nitrogen functional groups attached to an aromatic ring is 1. The normalized spacial score (nSPS) is 11.3. The number of amides is 1. The van der Waals surface area contributed by atoms with Crippen LogP contribution in [-0.4, -0.2) is 51.4 Å². The molecule has 0 aromatic carbocycles. The molecule has 0 bridgehead atoms. The van der Waals surface area contributed by atoms with E-state index in [1.54, 1.807) is 0 Å². The van der Waals surface area contributed by atoms with Gasteiger partial charge in [0, 0.05) is 11.4 Å². The van der Waals surface area contributed by atoms with Gasteiger partial charge in [-0.15, -0.1) is 11.3 Å². The topological polar surface area (TPSA) is 143 Å². The van der Waals surface area contributed by atoms with Crippen LogP contribution in [0.25, 0.3) is 10.2 Å². The largest absolute Gasteiger partial charge is 0.490 e. The number of aromatic nitrogens is 1. The first-order valence-electron chi connectivity index (χ1n) is 8.47. The highest BCUT2D eigenvalue weighted by molar-refractivity contribution is 7.21. The van der Waals surface area contributed by atoms with Crippen LogP contribution >= 0.6 is 22.9 Å². The molecule has 0 radical (unpaired) electrons. The second-order valence-corrected chi connectivity index (χ2v) is 7.77. The van der Waals surface area contributed by atoms with Gasteiger partial charge in [0.2, 0.25) is 0 Å². The molecule has 0 aliphatic rings. The van der Waals surface area contributed by atoms with E-state index in [-0.39, 0.29) is 11.9 Å². The summed E-state index contributed by atoms with van der Waals surface area (Å²) >= 11 is 7.49. The number of aliphatic carboxylic acids is 2. The van der Waals surface area contributed by atoms with Crippen LogP contribution in [-0.2, 0) is 9.59 Å². The molecule has 0 aliphatic heterocycles. The first kappa shape index (κ1) is 30.2. The third kappa shape index (κ3) is 8.92. The van der Waals surface area contributed by atoms with Crippen LogP contribution in [0.5, 0.6) is 0 Å². The van der Waals surface area contributed by atoms with Gasteiger partial charge in [-0.25, -0.2) is 14.6 Å². The molecule has 5 N–H and O–H groups in total. The van der Waals surface area contributed by atoms with Gasteiger partial charge in [0.05, 0.1) is 16.4 Å². The zero-order chi connectivity index (χ0) is 26.5. The lowest BCUT2D eigenvalue weighted by Crippen LogP contribution is -2.29. The number of nitrogens with one attached hydrogen (secondary N) is 1. The van der Waals surface area contributed by atoms with E-state index in [4.69, 9.17) is 37.1 Å². The molecule has 0 atom stereocenters. The number of nitrogens with zero attached hydrogens (tertiary/aromatic N) is 1. The maximum Gasteiger partial charge on any atom is 0.490 e. The molecule has 2 heterocycles. The number of fused-ring (bicyclic) bond motifs is 1. The lowest BCUT2D eigenvalue weighted by molar-refractivity contribution is -0.193. The SMILES string of the molecule is Cc1nc2sc(C(=O)NC(C)C)c(N)c2c(C)c1Cl.O=C(O)C(F)(F)F.O=C(O)C(F)(F)F. The van der Waals surface area contributed by atoms with Gasteiger partial charge < -0.3 is 21.3 Å². The van der Waals surface area contributed by atoms with Crippen molar-refractivity contribution in [2.45, 2.75) is 46.1 Å². The summed E-state index contributed by atoms with van der Waals surface area (Å²) in [5.74, 6) is -5.68. The van der Waals surface area contributed by atoms with Crippen molar-refractivity contribution >= 4 is 56.7 Å². The number of halogens is 7. The Morgan fingerprint density at radius 3 is 1.76 bits per heavy atom. The molecular weight excluding hydrogens is 508 g/mol. The predicted molar refractivity (Wildman–Crippen MR) is 109 cm³/mol. The standard InChI is InChI=1S/C13H16ClN3OS.2C2HF3O2/c1-5(2)16-12(18)11-10(15)8-6(3)9(14)7(4)17-13(8)19-11;2*3-2(4,5)1(6)7/h5H,15H2,1-4H3,(H,16,18);2*(H,6,7). The Bertz CT molecular complexity index is 1010. The van der Waals surface area contributed by atoms with E-state index in [0.29, 0.717) is 15.6 Å². The molecule has 0 unspecified atom stereocenters. The lowest BCUT2D eigenvalue weighted by Gasteiger charge is -2.07. The fraction of sp³-hybridized carbons (Fsp3) is 0.412. The number of carboxylic acid groups (broad SMARTS) is 2. The molecule has 0 saturated carbocycles. The summed E-state index contributed by atoms with van der Waals surface area (Å²) in [6.45, 7) is 7.56. The molecule has 0 fully saturated rings. The molecule has 1 amide bonds. The molecule has 8 nitrogen and oxygen atoms in total. The molecule has 0 saturated heterocycles. The highest BCUT2D eigenvalue weighted by atomic mass is 35.5. The maximum absolute atomic E-state index is 12.1. The fourth-order valence-electron chi connectivity index (χ4n) is 1.95. The average molecular weight is 526 g/mol. The number of hydrogen-bond acceptors (Lipinski definition) is 6. The monoisotopic (exact) mass is 525 g/mol. The van der Waals surface area contributed by atoms with E-state index in [1.807, 2.05) is 27.7 Å². The van der Waals surface area contributed by atoms with Crippen LogP contribution < -0.4 is 11.1 Å². The van der Waals surface area contributed by atoms with Gasteiger partial charge in [0.25, 0.3) is 5.91 Å². The molecule has 2 aromatic heterocycles. The Balaban J connectivity index is 0.000000605. The summed E-state index contributed by atoms with van der Waals surface area (Å²) in [7, 11) is 0. The summed E-state index contributed by atoms with van der Waals surface area (Å²) in [5, 5.41) is 18.5. The fourth-order valence-corrected chi connectivity index (χ4v) is 3.19. The van der Waals surface area contributed by atoms with Crippen molar-refractivity contribution < 1.29 is 50.9 Å². The minimum atomic E-state index is -5.08. The van der Waals surface area contributed by atoms with Crippen LogP contribution in [0.15, 0.2) is 0 Å². The third-order valence-electron chi connectivity index (χ3n) is 3.33. The molecule has 0 spiro atoms. The molecule has 2 rings (SSSR count). The summed E-state index contributed by atoms with van der Waals surface area (Å²) in [6, 6.07) is 0.0662. The number of anilines is 1. The van der Waals surface area contributed by atoms with Crippen LogP contribution in [0.1, 0.15) is 34.8 Å². The summed E-state index contributed by atoms with van der Waals surface area (Å²) in [4.78, 5) is 35.5. The van der Waals surface area contributed by atoms with Crippen molar-refractivity contribution in [2.24, 2.45) is 0 Å². The van der Waals surface area contributed by atoms with Crippen molar-refractivity contribution in [3.8, 4) is 0 Å². The molecule has 16 heteroatoms.